The fraction of sp³-hybridized carbons (Fsp3) is 0.200. The molecule has 2 N–H and O–H groups in total. The number of fused-ring (bicyclic) bond motifs is 1. The maximum absolute atomic E-state index is 12.6. The molecule has 0 aliphatic heterocycles. The summed E-state index contributed by atoms with van der Waals surface area (Å²) in [6.45, 7) is 2.57. The Bertz CT molecular complexity index is 1570. The molecule has 0 saturated heterocycles. The maximum atomic E-state index is 12.6. The molecule has 2 heterocycles. The number of nitrogens with one attached hydrogen (secondary N) is 2. The van der Waals surface area contributed by atoms with E-state index in [9.17, 15) is 10.1 Å². The van der Waals surface area contributed by atoms with Gasteiger partial charge in [-0.25, -0.2) is 0 Å². The van der Waals surface area contributed by atoms with Gasteiger partial charge < -0.3 is 4.74 Å². The van der Waals surface area contributed by atoms with Crippen molar-refractivity contribution in [2.24, 2.45) is 0 Å². The number of alkyl halides is 3. The van der Waals surface area contributed by atoms with Crippen molar-refractivity contribution >= 4 is 65.3 Å². The van der Waals surface area contributed by atoms with Gasteiger partial charge in [-0.05, 0) is 18.2 Å². The van der Waals surface area contributed by atoms with E-state index in [2.05, 4.69) is 36.5 Å². The van der Waals surface area contributed by atoms with Crippen LogP contribution in [0.2, 0.25) is 5.02 Å². The molecule has 10 heteroatoms. The number of aromatic nitrogens is 2. The van der Waals surface area contributed by atoms with Gasteiger partial charge in [-0.2, -0.15) is 0 Å². The molecule has 0 fully saturated rings. The van der Waals surface area contributed by atoms with Crippen LogP contribution in [0.15, 0.2) is 73.1 Å². The average Bonchev–Trinajstić information content (AvgIpc) is 2.94. The third kappa shape index (κ3) is 7.61. The number of nitrogens with zero attached hydrogens (tertiary/aromatic N) is 3. The molecule has 8 nitrogen and oxygen atoms in total. The third-order valence-electron chi connectivity index (χ3n) is 5.62. The Morgan fingerprint density at radius 3 is 2.67 bits per heavy atom. The summed E-state index contributed by atoms with van der Waals surface area (Å²) in [6.07, 6.45) is 6.68. The summed E-state index contributed by atoms with van der Waals surface area (Å²) in [7, 11) is 0. The van der Waals surface area contributed by atoms with Crippen molar-refractivity contribution in [1.82, 2.24) is 9.97 Å². The standard InChI is InChI=1S/C30H29ClIN5O3/c1-4-39-28-16-25-23(15-26(28)37-29(38)9-7-12-32(2)3)30(20(17-33)18-35-25)36-21-10-11-27(24(31)14-21)40-19-22-8-5-6-13-34-22/h5-11,13-16,18H,4,12,19H2,1-3H3,(H,35,36)(H,37,38)/b9-7+. The number of pyridine rings is 2. The predicted octanol–water partition coefficient (Wildman–Crippen LogP) is 7.14. The fourth-order valence-corrected chi connectivity index (χ4v) is 5.30. The van der Waals surface area contributed by atoms with Crippen LogP contribution >= 0.6 is 31.4 Å². The molecule has 0 aliphatic rings. The zero-order valence-electron chi connectivity index (χ0n) is 22.4. The van der Waals surface area contributed by atoms with E-state index >= 15 is 0 Å². The molecular weight excluding hydrogens is 641 g/mol. The second-order valence-corrected chi connectivity index (χ2v) is 15.3. The summed E-state index contributed by atoms with van der Waals surface area (Å²) in [4.78, 5) is 25.8. The van der Waals surface area contributed by atoms with Gasteiger partial charge in [0.05, 0.1) is 10.7 Å². The summed E-state index contributed by atoms with van der Waals surface area (Å²) in [5.41, 5.74) is 3.40. The van der Waals surface area contributed by atoms with E-state index in [0.29, 0.717) is 56.7 Å². The predicted molar refractivity (Wildman–Crippen MR) is 169 cm³/mol. The van der Waals surface area contributed by atoms with Crippen molar-refractivity contribution in [3.8, 4) is 17.6 Å². The first-order valence-corrected chi connectivity index (χ1v) is 18.6. The van der Waals surface area contributed by atoms with E-state index in [0.717, 1.165) is 10.1 Å². The molecule has 0 saturated carbocycles. The molecule has 0 unspecified atom stereocenters. The van der Waals surface area contributed by atoms with E-state index in [1.807, 2.05) is 37.3 Å². The molecule has 2 aromatic carbocycles. The number of benzene rings is 2. The molecule has 0 aliphatic carbocycles. The minimum absolute atomic E-state index is 0.245. The molecular formula is C30H29ClIN5O3. The molecule has 4 rings (SSSR count). The first-order chi connectivity index (χ1) is 19.4. The molecule has 40 heavy (non-hydrogen) atoms. The van der Waals surface area contributed by atoms with Crippen molar-refractivity contribution in [3.05, 3.63) is 89.4 Å². The van der Waals surface area contributed by atoms with Gasteiger partial charge >= 0.3 is 172 Å². The topological polar surface area (TPSA) is 109 Å². The van der Waals surface area contributed by atoms with Gasteiger partial charge in [-0.1, -0.05) is 17.7 Å². The number of allylic oxidation sites excluding steroid dienone is 1. The van der Waals surface area contributed by atoms with E-state index in [1.165, 1.54) is 6.20 Å². The summed E-state index contributed by atoms with van der Waals surface area (Å²) < 4.78 is 12.6. The number of halogens is 2. The summed E-state index contributed by atoms with van der Waals surface area (Å²) in [5.74, 6) is 0.764. The van der Waals surface area contributed by atoms with Crippen LogP contribution < -0.4 is 20.1 Å². The molecule has 4 aromatic rings. The number of anilines is 3. The zero-order chi connectivity index (χ0) is 28.5. The van der Waals surface area contributed by atoms with Gasteiger partial charge in [-0.3, -0.25) is 4.98 Å². The summed E-state index contributed by atoms with van der Waals surface area (Å²) in [6, 6.07) is 16.6. The van der Waals surface area contributed by atoms with Crippen LogP contribution in [-0.2, 0) is 11.4 Å². The minimum atomic E-state index is -0.964. The molecule has 0 radical (unpaired) electrons. The van der Waals surface area contributed by atoms with E-state index in [-0.39, 0.29) is 12.5 Å². The monoisotopic (exact) mass is 669 g/mol. The number of rotatable bonds is 11. The number of ether oxygens (including phenoxy) is 2. The van der Waals surface area contributed by atoms with Gasteiger partial charge in [0.1, 0.15) is 12.4 Å². The average molecular weight is 670 g/mol. The van der Waals surface area contributed by atoms with Crippen LogP contribution in [0.1, 0.15) is 18.2 Å². The number of nitriles is 1. The Morgan fingerprint density at radius 1 is 1.12 bits per heavy atom. The Kier molecular flexibility index (Phi) is 10.2. The fourth-order valence-electron chi connectivity index (χ4n) is 3.79. The summed E-state index contributed by atoms with van der Waals surface area (Å²) in [5, 5.41) is 17.1. The van der Waals surface area contributed by atoms with Gasteiger partial charge in [0, 0.05) is 6.20 Å². The second kappa shape index (κ2) is 14.0. The van der Waals surface area contributed by atoms with Crippen LogP contribution in [-0.4, -0.2) is 36.8 Å². The molecule has 0 bridgehead atoms. The van der Waals surface area contributed by atoms with Crippen LogP contribution in [0.4, 0.5) is 17.1 Å². The first-order valence-electron chi connectivity index (χ1n) is 12.4. The molecule has 206 valence electrons. The number of amides is 1. The van der Waals surface area contributed by atoms with E-state index in [1.54, 1.807) is 36.5 Å². The van der Waals surface area contributed by atoms with Crippen LogP contribution in [0, 0.1) is 11.3 Å². The Morgan fingerprint density at radius 2 is 1.98 bits per heavy atom. The van der Waals surface area contributed by atoms with Crippen LogP contribution in [0.25, 0.3) is 10.9 Å². The summed E-state index contributed by atoms with van der Waals surface area (Å²) >= 11 is 5.56. The number of hydrogen-bond donors (Lipinski definition) is 2. The van der Waals surface area contributed by atoms with Crippen LogP contribution in [0.5, 0.6) is 11.5 Å². The zero-order valence-corrected chi connectivity index (χ0v) is 25.3. The molecule has 0 atom stereocenters. The Hall–Kier alpha value is -3.88. The quantitative estimate of drug-likeness (QED) is 0.0993. The number of hydrogen-bond acceptors (Lipinski definition) is 7. The van der Waals surface area contributed by atoms with Gasteiger partial charge in [0.2, 0.25) is 0 Å². The Balaban J connectivity index is 1.64. The second-order valence-electron chi connectivity index (χ2n) is 8.80. The van der Waals surface area contributed by atoms with Crippen molar-refractivity contribution in [2.45, 2.75) is 13.5 Å². The van der Waals surface area contributed by atoms with Gasteiger partial charge in [0.15, 0.2) is 0 Å². The van der Waals surface area contributed by atoms with E-state index < -0.39 is 19.8 Å². The number of carbonyl (C=O) groups excluding carboxylic acids is 1. The molecule has 1 amide bonds. The van der Waals surface area contributed by atoms with Crippen LogP contribution in [0.3, 0.4) is 0 Å². The van der Waals surface area contributed by atoms with Crippen molar-refractivity contribution in [1.29, 1.82) is 5.26 Å². The van der Waals surface area contributed by atoms with Gasteiger partial charge in [-0.15, -0.1) is 0 Å². The van der Waals surface area contributed by atoms with Crippen molar-refractivity contribution < 1.29 is 14.3 Å². The molecule has 2 aromatic heterocycles. The third-order valence-corrected chi connectivity index (χ3v) is 8.18. The molecule has 0 spiro atoms. The first kappa shape index (κ1) is 29.1. The normalized spacial score (nSPS) is 11.2. The van der Waals surface area contributed by atoms with Crippen molar-refractivity contribution in [2.75, 3.05) is 31.5 Å². The SMILES string of the molecule is CCOc1cc2ncc(C#N)c(Nc3ccc(OCc4ccccn4)c(Cl)c3)c2cc1NC(=O)/C=C/CI(C)C. The Labute approximate surface area is 245 Å². The van der Waals surface area contributed by atoms with E-state index in [4.69, 9.17) is 21.1 Å². The van der Waals surface area contributed by atoms with Crippen molar-refractivity contribution in [3.63, 3.8) is 0 Å². The van der Waals surface area contributed by atoms with Gasteiger partial charge in [0.25, 0.3) is 0 Å². The number of carbonyl (C=O) groups is 1.